The summed E-state index contributed by atoms with van der Waals surface area (Å²) in [7, 11) is 0. The van der Waals surface area contributed by atoms with Crippen molar-refractivity contribution in [1.29, 1.82) is 0 Å². The molecule has 6 nitrogen and oxygen atoms in total. The van der Waals surface area contributed by atoms with Crippen LogP contribution < -0.4 is 0 Å². The van der Waals surface area contributed by atoms with Crippen molar-refractivity contribution in [3.8, 4) is 0 Å². The highest BCUT2D eigenvalue weighted by Gasteiger charge is 2.23. The van der Waals surface area contributed by atoms with E-state index in [2.05, 4.69) is 22.0 Å². The van der Waals surface area contributed by atoms with Crippen molar-refractivity contribution in [3.05, 3.63) is 34.1 Å². The van der Waals surface area contributed by atoms with Gasteiger partial charge in [0.2, 0.25) is 5.89 Å². The number of carbonyl (C=O) groups is 1. The van der Waals surface area contributed by atoms with Crippen LogP contribution in [0.3, 0.4) is 0 Å². The zero-order chi connectivity index (χ0) is 15.4. The molecule has 1 fully saturated rings. The van der Waals surface area contributed by atoms with Crippen LogP contribution in [0.25, 0.3) is 0 Å². The van der Waals surface area contributed by atoms with Gasteiger partial charge in [-0.15, -0.1) is 11.3 Å². The second kappa shape index (κ2) is 7.02. The number of amides is 1. The van der Waals surface area contributed by atoms with Gasteiger partial charge in [0.05, 0.1) is 11.4 Å². The molecule has 2 aromatic heterocycles. The number of aromatic nitrogens is 2. The summed E-state index contributed by atoms with van der Waals surface area (Å²) in [5.74, 6) is 1.59. The minimum Gasteiger partial charge on any atom is -0.338 e. The van der Waals surface area contributed by atoms with Crippen molar-refractivity contribution < 1.29 is 9.32 Å². The number of nitrogens with zero attached hydrogens (tertiary/aromatic N) is 4. The Morgan fingerprint density at radius 1 is 1.36 bits per heavy atom. The molecule has 0 bridgehead atoms. The fourth-order valence-electron chi connectivity index (χ4n) is 2.54. The summed E-state index contributed by atoms with van der Waals surface area (Å²) in [6, 6.07) is 3.80. The third kappa shape index (κ3) is 3.53. The summed E-state index contributed by atoms with van der Waals surface area (Å²) in [6.45, 7) is 5.92. The van der Waals surface area contributed by atoms with Crippen molar-refractivity contribution in [2.45, 2.75) is 26.3 Å². The van der Waals surface area contributed by atoms with Crippen LogP contribution in [0.2, 0.25) is 0 Å². The van der Waals surface area contributed by atoms with Gasteiger partial charge in [0.25, 0.3) is 5.91 Å². The minimum atomic E-state index is 0.137. The Labute approximate surface area is 133 Å². The molecule has 0 aromatic carbocycles. The molecule has 2 aromatic rings. The first kappa shape index (κ1) is 15.2. The lowest BCUT2D eigenvalue weighted by Gasteiger charge is -2.33. The Morgan fingerprint density at radius 3 is 2.86 bits per heavy atom. The fourth-order valence-corrected chi connectivity index (χ4v) is 3.23. The predicted octanol–water partition coefficient (Wildman–Crippen LogP) is 2.04. The second-order valence-electron chi connectivity index (χ2n) is 5.40. The summed E-state index contributed by atoms with van der Waals surface area (Å²) >= 11 is 1.50. The zero-order valence-electron chi connectivity index (χ0n) is 12.7. The Hall–Kier alpha value is -1.73. The lowest BCUT2D eigenvalue weighted by atomic mass is 10.3. The van der Waals surface area contributed by atoms with Crippen LogP contribution in [-0.4, -0.2) is 52.0 Å². The molecule has 0 saturated carbocycles. The van der Waals surface area contributed by atoms with E-state index in [0.29, 0.717) is 12.4 Å². The zero-order valence-corrected chi connectivity index (χ0v) is 13.5. The average Bonchev–Trinajstić information content (AvgIpc) is 3.20. The van der Waals surface area contributed by atoms with Crippen molar-refractivity contribution >= 4 is 17.2 Å². The Balaban J connectivity index is 1.50. The molecule has 1 aliphatic heterocycles. The highest BCUT2D eigenvalue weighted by Crippen LogP contribution is 2.14. The summed E-state index contributed by atoms with van der Waals surface area (Å²) in [6.07, 6.45) is 1.87. The molecule has 0 aliphatic carbocycles. The Kier molecular flexibility index (Phi) is 4.84. The van der Waals surface area contributed by atoms with Crippen molar-refractivity contribution in [2.75, 3.05) is 26.2 Å². The van der Waals surface area contributed by atoms with E-state index >= 15 is 0 Å². The van der Waals surface area contributed by atoms with Gasteiger partial charge in [-0.05, 0) is 17.9 Å². The lowest BCUT2D eigenvalue weighted by molar-refractivity contribution is 0.0620. The Morgan fingerprint density at radius 2 is 2.18 bits per heavy atom. The van der Waals surface area contributed by atoms with E-state index in [9.17, 15) is 4.79 Å². The Bertz CT molecular complexity index is 603. The monoisotopic (exact) mass is 320 g/mol. The molecule has 0 atom stereocenters. The molecule has 22 heavy (non-hydrogen) atoms. The van der Waals surface area contributed by atoms with E-state index in [4.69, 9.17) is 4.52 Å². The van der Waals surface area contributed by atoms with Crippen LogP contribution in [0.5, 0.6) is 0 Å². The van der Waals surface area contributed by atoms with Gasteiger partial charge < -0.3 is 9.42 Å². The largest absolute Gasteiger partial charge is 0.338 e. The predicted molar refractivity (Wildman–Crippen MR) is 83.8 cm³/mol. The number of carbonyl (C=O) groups excluding carboxylic acids is 1. The van der Waals surface area contributed by atoms with E-state index in [0.717, 1.165) is 49.7 Å². The lowest BCUT2D eigenvalue weighted by Crippen LogP contribution is -2.48. The summed E-state index contributed by atoms with van der Waals surface area (Å²) < 4.78 is 5.27. The normalized spacial score (nSPS) is 16.1. The number of rotatable bonds is 5. The van der Waals surface area contributed by atoms with Gasteiger partial charge in [-0.25, -0.2) is 0 Å². The van der Waals surface area contributed by atoms with Gasteiger partial charge in [0.15, 0.2) is 5.82 Å². The maximum absolute atomic E-state index is 12.3. The van der Waals surface area contributed by atoms with E-state index in [1.54, 1.807) is 0 Å². The van der Waals surface area contributed by atoms with E-state index in [1.807, 2.05) is 22.4 Å². The molecular weight excluding hydrogens is 300 g/mol. The third-order valence-corrected chi connectivity index (χ3v) is 4.59. The SMILES string of the molecule is CCCc1noc(CN2CCN(C(=O)c3cccs3)CC2)n1. The minimum absolute atomic E-state index is 0.137. The van der Waals surface area contributed by atoms with Crippen LogP contribution >= 0.6 is 11.3 Å². The fraction of sp³-hybridized carbons (Fsp3) is 0.533. The quantitative estimate of drug-likeness (QED) is 0.843. The number of hydrogen-bond acceptors (Lipinski definition) is 6. The molecule has 118 valence electrons. The smallest absolute Gasteiger partial charge is 0.264 e. The van der Waals surface area contributed by atoms with E-state index < -0.39 is 0 Å². The van der Waals surface area contributed by atoms with Crippen molar-refractivity contribution in [3.63, 3.8) is 0 Å². The molecule has 0 spiro atoms. The first-order valence-corrected chi connectivity index (χ1v) is 8.51. The molecule has 0 radical (unpaired) electrons. The molecular formula is C15H20N4O2S. The molecule has 0 N–H and O–H groups in total. The maximum atomic E-state index is 12.3. The van der Waals surface area contributed by atoms with Crippen molar-refractivity contribution in [2.24, 2.45) is 0 Å². The molecule has 0 unspecified atom stereocenters. The van der Waals surface area contributed by atoms with Crippen LogP contribution in [-0.2, 0) is 13.0 Å². The summed E-state index contributed by atoms with van der Waals surface area (Å²) in [5, 5.41) is 5.91. The van der Waals surface area contributed by atoms with Crippen LogP contribution in [0, 0.1) is 0 Å². The molecule has 1 saturated heterocycles. The highest BCUT2D eigenvalue weighted by atomic mass is 32.1. The first-order chi connectivity index (χ1) is 10.8. The standard InChI is InChI=1S/C15H20N4O2S/c1-2-4-13-16-14(21-17-13)11-18-6-8-19(9-7-18)15(20)12-5-3-10-22-12/h3,5,10H,2,4,6-9,11H2,1H3. The van der Waals surface area contributed by atoms with E-state index in [1.165, 1.54) is 11.3 Å². The summed E-state index contributed by atoms with van der Waals surface area (Å²) in [5.41, 5.74) is 0. The second-order valence-corrected chi connectivity index (χ2v) is 6.35. The van der Waals surface area contributed by atoms with Gasteiger partial charge >= 0.3 is 0 Å². The van der Waals surface area contributed by atoms with Crippen LogP contribution in [0.15, 0.2) is 22.0 Å². The van der Waals surface area contributed by atoms with Gasteiger partial charge in [-0.2, -0.15) is 4.98 Å². The molecule has 3 rings (SSSR count). The van der Waals surface area contributed by atoms with Crippen LogP contribution in [0.4, 0.5) is 0 Å². The summed E-state index contributed by atoms with van der Waals surface area (Å²) in [4.78, 5) is 21.6. The van der Waals surface area contributed by atoms with Crippen molar-refractivity contribution in [1.82, 2.24) is 19.9 Å². The van der Waals surface area contributed by atoms with Crippen LogP contribution in [0.1, 0.15) is 34.7 Å². The first-order valence-electron chi connectivity index (χ1n) is 7.63. The number of aryl methyl sites for hydroxylation is 1. The average molecular weight is 320 g/mol. The molecule has 1 amide bonds. The van der Waals surface area contributed by atoms with E-state index in [-0.39, 0.29) is 5.91 Å². The topological polar surface area (TPSA) is 62.5 Å². The molecule has 7 heteroatoms. The van der Waals surface area contributed by atoms with Gasteiger partial charge in [-0.3, -0.25) is 9.69 Å². The van der Waals surface area contributed by atoms with Gasteiger partial charge in [-0.1, -0.05) is 18.1 Å². The highest BCUT2D eigenvalue weighted by molar-refractivity contribution is 7.12. The van der Waals surface area contributed by atoms with Gasteiger partial charge in [0, 0.05) is 32.6 Å². The molecule has 3 heterocycles. The number of hydrogen-bond donors (Lipinski definition) is 0. The maximum Gasteiger partial charge on any atom is 0.264 e. The molecule has 1 aliphatic rings. The van der Waals surface area contributed by atoms with Gasteiger partial charge in [0.1, 0.15) is 0 Å². The third-order valence-electron chi connectivity index (χ3n) is 3.73. The number of piperazine rings is 1. The number of thiophene rings is 1.